The first-order chi connectivity index (χ1) is 10.2. The third-order valence-electron chi connectivity index (χ3n) is 3.31. The molecule has 1 aromatic rings. The van der Waals surface area contributed by atoms with Crippen molar-refractivity contribution in [3.05, 3.63) is 30.3 Å². The van der Waals surface area contributed by atoms with Gasteiger partial charge < -0.3 is 20.7 Å². The van der Waals surface area contributed by atoms with E-state index in [1.54, 1.807) is 0 Å². The molecule has 1 heterocycles. The van der Waals surface area contributed by atoms with Gasteiger partial charge in [0.2, 0.25) is 11.8 Å². The topological polar surface area (TPSA) is 79.5 Å². The molecule has 6 nitrogen and oxygen atoms in total. The van der Waals surface area contributed by atoms with Crippen LogP contribution >= 0.6 is 0 Å². The zero-order chi connectivity index (χ0) is 15.1. The first kappa shape index (κ1) is 15.5. The number of carbonyl (C=O) groups is 2. The molecule has 1 aliphatic rings. The minimum absolute atomic E-state index is 0.123. The second kappa shape index (κ2) is 7.75. The van der Waals surface area contributed by atoms with Crippen molar-refractivity contribution in [3.8, 4) is 0 Å². The van der Waals surface area contributed by atoms with Gasteiger partial charge in [0.05, 0.1) is 12.7 Å². The van der Waals surface area contributed by atoms with Crippen molar-refractivity contribution in [2.24, 2.45) is 0 Å². The lowest BCUT2D eigenvalue weighted by Gasteiger charge is -2.29. The maximum atomic E-state index is 12.0. The fourth-order valence-corrected chi connectivity index (χ4v) is 2.18. The van der Waals surface area contributed by atoms with Crippen LogP contribution in [0.15, 0.2) is 30.3 Å². The van der Waals surface area contributed by atoms with Gasteiger partial charge in [0.1, 0.15) is 6.04 Å². The lowest BCUT2D eigenvalue weighted by molar-refractivity contribution is -0.128. The highest BCUT2D eigenvalue weighted by atomic mass is 16.5. The molecular weight excluding hydrogens is 270 g/mol. The summed E-state index contributed by atoms with van der Waals surface area (Å²) in [5.41, 5.74) is 0.754. The minimum Gasteiger partial charge on any atom is -0.375 e. The smallest absolute Gasteiger partial charge is 0.239 e. The predicted molar refractivity (Wildman–Crippen MR) is 79.9 cm³/mol. The van der Waals surface area contributed by atoms with Crippen LogP contribution in [0.25, 0.3) is 0 Å². The molecule has 0 saturated carbocycles. The first-order valence-electron chi connectivity index (χ1n) is 7.14. The van der Waals surface area contributed by atoms with Crippen molar-refractivity contribution >= 4 is 17.5 Å². The van der Waals surface area contributed by atoms with Gasteiger partial charge in [-0.15, -0.1) is 0 Å². The number of benzene rings is 1. The molecule has 2 amide bonds. The summed E-state index contributed by atoms with van der Waals surface area (Å²) in [6, 6.07) is 8.89. The van der Waals surface area contributed by atoms with E-state index in [9.17, 15) is 9.59 Å². The summed E-state index contributed by atoms with van der Waals surface area (Å²) in [6.07, 6.45) is 0.0830. The summed E-state index contributed by atoms with van der Waals surface area (Å²) in [5, 5.41) is 8.64. The fourth-order valence-electron chi connectivity index (χ4n) is 2.18. The van der Waals surface area contributed by atoms with Gasteiger partial charge in [-0.2, -0.15) is 0 Å². The Kier molecular flexibility index (Phi) is 5.71. The van der Waals surface area contributed by atoms with Crippen LogP contribution in [-0.2, 0) is 14.3 Å². The number of hydrogen-bond donors (Lipinski definition) is 3. The van der Waals surface area contributed by atoms with Crippen LogP contribution < -0.4 is 16.0 Å². The third kappa shape index (κ3) is 4.84. The van der Waals surface area contributed by atoms with Gasteiger partial charge in [0, 0.05) is 25.2 Å². The fraction of sp³-hybridized carbons (Fsp3) is 0.467. The van der Waals surface area contributed by atoms with Gasteiger partial charge in [0.15, 0.2) is 0 Å². The normalized spacial score (nSPS) is 21.6. The van der Waals surface area contributed by atoms with Gasteiger partial charge in [-0.05, 0) is 19.1 Å². The van der Waals surface area contributed by atoms with Gasteiger partial charge in [-0.3, -0.25) is 9.59 Å². The highest BCUT2D eigenvalue weighted by molar-refractivity contribution is 5.91. The molecule has 6 heteroatoms. The second-order valence-electron chi connectivity index (χ2n) is 4.96. The van der Waals surface area contributed by atoms with Crippen molar-refractivity contribution in [1.82, 2.24) is 10.6 Å². The Bertz CT molecular complexity index is 478. The molecule has 1 aromatic carbocycles. The van der Waals surface area contributed by atoms with Crippen LogP contribution in [0.3, 0.4) is 0 Å². The Labute approximate surface area is 124 Å². The molecule has 2 atom stereocenters. The summed E-state index contributed by atoms with van der Waals surface area (Å²) < 4.78 is 5.42. The molecule has 0 spiro atoms. The molecule has 1 saturated heterocycles. The Balaban J connectivity index is 1.69. The Morgan fingerprint density at radius 1 is 1.33 bits per heavy atom. The second-order valence-corrected chi connectivity index (χ2v) is 4.96. The average Bonchev–Trinajstić information content (AvgIpc) is 2.48. The number of morpholine rings is 1. The summed E-state index contributed by atoms with van der Waals surface area (Å²) in [7, 11) is 0. The molecule has 0 unspecified atom stereocenters. The van der Waals surface area contributed by atoms with Crippen LogP contribution in [0.5, 0.6) is 0 Å². The maximum Gasteiger partial charge on any atom is 0.239 e. The maximum absolute atomic E-state index is 12.0. The van der Waals surface area contributed by atoms with E-state index < -0.39 is 0 Å². The van der Waals surface area contributed by atoms with Gasteiger partial charge in [-0.25, -0.2) is 0 Å². The van der Waals surface area contributed by atoms with E-state index in [2.05, 4.69) is 16.0 Å². The summed E-state index contributed by atoms with van der Waals surface area (Å²) >= 11 is 0. The van der Waals surface area contributed by atoms with E-state index in [0.717, 1.165) is 5.69 Å². The summed E-state index contributed by atoms with van der Waals surface area (Å²) in [6.45, 7) is 3.45. The molecule has 0 bridgehead atoms. The van der Waals surface area contributed by atoms with E-state index in [1.807, 2.05) is 37.3 Å². The molecule has 0 aromatic heterocycles. The number of ether oxygens (including phenoxy) is 1. The van der Waals surface area contributed by atoms with Gasteiger partial charge in [0.25, 0.3) is 0 Å². The summed E-state index contributed by atoms with van der Waals surface area (Å²) in [4.78, 5) is 23.7. The zero-order valence-electron chi connectivity index (χ0n) is 12.1. The first-order valence-corrected chi connectivity index (χ1v) is 7.14. The van der Waals surface area contributed by atoms with Crippen LogP contribution in [-0.4, -0.2) is 43.7 Å². The van der Waals surface area contributed by atoms with Gasteiger partial charge >= 0.3 is 0 Å². The lowest BCUT2D eigenvalue weighted by atomic mass is 10.1. The molecular formula is C15H21N3O3. The van der Waals surface area contributed by atoms with Crippen LogP contribution in [0.1, 0.15) is 13.3 Å². The highest BCUT2D eigenvalue weighted by Gasteiger charge is 2.27. The largest absolute Gasteiger partial charge is 0.375 e. The molecule has 0 aliphatic carbocycles. The van der Waals surface area contributed by atoms with Crippen LogP contribution in [0, 0.1) is 0 Å². The molecule has 114 valence electrons. The number of hydrogen-bond acceptors (Lipinski definition) is 4. The third-order valence-corrected chi connectivity index (χ3v) is 3.31. The molecule has 1 fully saturated rings. The Hall–Kier alpha value is -1.92. The number of para-hydroxylation sites is 1. The SMILES string of the molecule is C[C@H]1OCCN[C@@H]1C(=O)NCCC(=O)Nc1ccccc1. The number of rotatable bonds is 5. The van der Waals surface area contributed by atoms with Gasteiger partial charge in [-0.1, -0.05) is 18.2 Å². The quantitative estimate of drug-likeness (QED) is 0.738. The molecule has 3 N–H and O–H groups in total. The molecule has 0 radical (unpaired) electrons. The predicted octanol–water partition coefficient (Wildman–Crippen LogP) is 0.508. The monoisotopic (exact) mass is 291 g/mol. The zero-order valence-corrected chi connectivity index (χ0v) is 12.1. The van der Waals surface area contributed by atoms with E-state index in [-0.39, 0.29) is 30.4 Å². The van der Waals surface area contributed by atoms with E-state index in [0.29, 0.717) is 19.7 Å². The van der Waals surface area contributed by atoms with Crippen molar-refractivity contribution in [2.75, 3.05) is 25.0 Å². The number of amides is 2. The average molecular weight is 291 g/mol. The number of nitrogens with one attached hydrogen (secondary N) is 3. The van der Waals surface area contributed by atoms with E-state index >= 15 is 0 Å². The molecule has 1 aliphatic heterocycles. The van der Waals surface area contributed by atoms with Crippen molar-refractivity contribution < 1.29 is 14.3 Å². The van der Waals surface area contributed by atoms with Crippen molar-refractivity contribution in [1.29, 1.82) is 0 Å². The molecule has 21 heavy (non-hydrogen) atoms. The van der Waals surface area contributed by atoms with E-state index in [1.165, 1.54) is 0 Å². The van der Waals surface area contributed by atoms with Crippen LogP contribution in [0.2, 0.25) is 0 Å². The Morgan fingerprint density at radius 3 is 2.81 bits per heavy atom. The van der Waals surface area contributed by atoms with Crippen molar-refractivity contribution in [2.45, 2.75) is 25.5 Å². The standard InChI is InChI=1S/C15H21N3O3/c1-11-14(16-9-10-21-11)15(20)17-8-7-13(19)18-12-5-3-2-4-6-12/h2-6,11,14,16H,7-10H2,1H3,(H,17,20)(H,18,19)/t11-,14+/m1/s1. The Morgan fingerprint density at radius 2 is 2.10 bits per heavy atom. The molecule has 2 rings (SSSR count). The lowest BCUT2D eigenvalue weighted by Crippen LogP contribution is -2.55. The number of anilines is 1. The van der Waals surface area contributed by atoms with Crippen LogP contribution in [0.4, 0.5) is 5.69 Å². The highest BCUT2D eigenvalue weighted by Crippen LogP contribution is 2.06. The van der Waals surface area contributed by atoms with Crippen molar-refractivity contribution in [3.63, 3.8) is 0 Å². The minimum atomic E-state index is -0.351. The number of carbonyl (C=O) groups excluding carboxylic acids is 2. The summed E-state index contributed by atoms with van der Waals surface area (Å²) in [5.74, 6) is -0.253. The van der Waals surface area contributed by atoms with E-state index in [4.69, 9.17) is 4.74 Å².